The van der Waals surface area contributed by atoms with Gasteiger partial charge in [-0.05, 0) is 42.3 Å². The molecule has 0 aliphatic rings. The van der Waals surface area contributed by atoms with Crippen LogP contribution in [0.25, 0.3) is 0 Å². The molecule has 0 heterocycles. The molecule has 0 fully saturated rings. The highest BCUT2D eigenvalue weighted by Crippen LogP contribution is 2.22. The van der Waals surface area contributed by atoms with E-state index in [-0.39, 0.29) is 5.75 Å². The molecule has 0 unspecified atom stereocenters. The third-order valence-electron chi connectivity index (χ3n) is 3.00. The van der Waals surface area contributed by atoms with Crippen LogP contribution in [0.5, 0.6) is 5.75 Å². The van der Waals surface area contributed by atoms with E-state index in [4.69, 9.17) is 4.74 Å². The maximum atomic E-state index is 12.3. The SMILES string of the molecule is COc1ccc(CS(=O)(=O)c2ccccc2)c(C)c1. The number of benzene rings is 2. The molecule has 0 saturated carbocycles. The van der Waals surface area contributed by atoms with Crippen LogP contribution in [0.1, 0.15) is 11.1 Å². The Labute approximate surface area is 113 Å². The molecular weight excluding hydrogens is 260 g/mol. The van der Waals surface area contributed by atoms with Crippen LogP contribution in [0.4, 0.5) is 0 Å². The number of hydrogen-bond acceptors (Lipinski definition) is 3. The van der Waals surface area contributed by atoms with Crippen LogP contribution in [0.15, 0.2) is 53.4 Å². The lowest BCUT2D eigenvalue weighted by Crippen LogP contribution is -2.06. The summed E-state index contributed by atoms with van der Waals surface area (Å²) < 4.78 is 29.7. The number of ether oxygens (including phenoxy) is 1. The van der Waals surface area contributed by atoms with Gasteiger partial charge >= 0.3 is 0 Å². The second-order valence-electron chi connectivity index (χ2n) is 4.36. The summed E-state index contributed by atoms with van der Waals surface area (Å²) in [5.74, 6) is 0.741. The minimum Gasteiger partial charge on any atom is -0.497 e. The largest absolute Gasteiger partial charge is 0.497 e. The van der Waals surface area contributed by atoms with E-state index in [1.54, 1.807) is 49.6 Å². The maximum Gasteiger partial charge on any atom is 0.182 e. The van der Waals surface area contributed by atoms with Gasteiger partial charge in [0.05, 0.1) is 17.8 Å². The third-order valence-corrected chi connectivity index (χ3v) is 4.68. The molecular formula is C15H16O3S. The van der Waals surface area contributed by atoms with E-state index in [1.807, 2.05) is 13.0 Å². The molecule has 0 radical (unpaired) electrons. The zero-order valence-electron chi connectivity index (χ0n) is 11.0. The van der Waals surface area contributed by atoms with Crippen molar-refractivity contribution in [2.24, 2.45) is 0 Å². The molecule has 0 atom stereocenters. The Morgan fingerprint density at radius 2 is 1.74 bits per heavy atom. The van der Waals surface area contributed by atoms with E-state index >= 15 is 0 Å². The fourth-order valence-corrected chi connectivity index (χ4v) is 3.34. The van der Waals surface area contributed by atoms with Crippen molar-refractivity contribution < 1.29 is 13.2 Å². The average molecular weight is 276 g/mol. The first kappa shape index (κ1) is 13.6. The summed E-state index contributed by atoms with van der Waals surface area (Å²) in [6.45, 7) is 1.89. The highest BCUT2D eigenvalue weighted by atomic mass is 32.2. The molecule has 0 saturated heterocycles. The Kier molecular flexibility index (Phi) is 3.90. The summed E-state index contributed by atoms with van der Waals surface area (Å²) in [6, 6.07) is 13.9. The summed E-state index contributed by atoms with van der Waals surface area (Å²) in [5.41, 5.74) is 1.71. The molecule has 0 aliphatic carbocycles. The van der Waals surface area contributed by atoms with Gasteiger partial charge in [-0.3, -0.25) is 0 Å². The summed E-state index contributed by atoms with van der Waals surface area (Å²) in [6.07, 6.45) is 0. The molecule has 4 heteroatoms. The van der Waals surface area contributed by atoms with E-state index in [2.05, 4.69) is 0 Å². The highest BCUT2D eigenvalue weighted by molar-refractivity contribution is 7.90. The number of sulfone groups is 1. The van der Waals surface area contributed by atoms with Crippen molar-refractivity contribution in [2.75, 3.05) is 7.11 Å². The van der Waals surface area contributed by atoms with Gasteiger partial charge in [0.15, 0.2) is 9.84 Å². The van der Waals surface area contributed by atoms with Crippen molar-refractivity contribution in [3.8, 4) is 5.75 Å². The monoisotopic (exact) mass is 276 g/mol. The standard InChI is InChI=1S/C15H16O3S/c1-12-10-14(18-2)9-8-13(12)11-19(16,17)15-6-4-3-5-7-15/h3-10H,11H2,1-2H3. The van der Waals surface area contributed by atoms with Gasteiger partial charge in [0.1, 0.15) is 5.75 Å². The molecule has 0 bridgehead atoms. The van der Waals surface area contributed by atoms with Gasteiger partial charge in [0, 0.05) is 0 Å². The van der Waals surface area contributed by atoms with Crippen molar-refractivity contribution >= 4 is 9.84 Å². The zero-order valence-corrected chi connectivity index (χ0v) is 11.8. The van der Waals surface area contributed by atoms with Gasteiger partial charge in [-0.1, -0.05) is 24.3 Å². The van der Waals surface area contributed by atoms with Crippen LogP contribution in [-0.4, -0.2) is 15.5 Å². The van der Waals surface area contributed by atoms with E-state index in [0.29, 0.717) is 4.90 Å². The molecule has 100 valence electrons. The van der Waals surface area contributed by atoms with Gasteiger partial charge in [-0.15, -0.1) is 0 Å². The molecule has 2 rings (SSSR count). The van der Waals surface area contributed by atoms with Crippen molar-refractivity contribution in [1.29, 1.82) is 0 Å². The van der Waals surface area contributed by atoms with Crippen LogP contribution >= 0.6 is 0 Å². The summed E-state index contributed by atoms with van der Waals surface area (Å²) in [4.78, 5) is 0.352. The Balaban J connectivity index is 2.31. The Morgan fingerprint density at radius 3 is 2.32 bits per heavy atom. The van der Waals surface area contributed by atoms with Gasteiger partial charge in [0.2, 0.25) is 0 Å². The first-order valence-corrected chi connectivity index (χ1v) is 7.59. The first-order valence-electron chi connectivity index (χ1n) is 5.94. The number of rotatable bonds is 4. The summed E-state index contributed by atoms with van der Waals surface area (Å²) in [7, 11) is -1.70. The molecule has 0 aliphatic heterocycles. The molecule has 0 amide bonds. The molecule has 0 spiro atoms. The van der Waals surface area contributed by atoms with Crippen LogP contribution in [0, 0.1) is 6.92 Å². The van der Waals surface area contributed by atoms with Gasteiger partial charge in [-0.25, -0.2) is 8.42 Å². The van der Waals surface area contributed by atoms with Crippen molar-refractivity contribution in [2.45, 2.75) is 17.6 Å². The second kappa shape index (κ2) is 5.45. The van der Waals surface area contributed by atoms with Crippen LogP contribution in [0.3, 0.4) is 0 Å². The molecule has 3 nitrogen and oxygen atoms in total. The molecule has 2 aromatic carbocycles. The fraction of sp³-hybridized carbons (Fsp3) is 0.200. The normalized spacial score (nSPS) is 11.3. The number of aryl methyl sites for hydroxylation is 1. The molecule has 0 aromatic heterocycles. The molecule has 19 heavy (non-hydrogen) atoms. The second-order valence-corrected chi connectivity index (χ2v) is 6.35. The van der Waals surface area contributed by atoms with Crippen molar-refractivity contribution in [1.82, 2.24) is 0 Å². The maximum absolute atomic E-state index is 12.3. The Hall–Kier alpha value is -1.81. The van der Waals surface area contributed by atoms with Crippen LogP contribution in [0.2, 0.25) is 0 Å². The topological polar surface area (TPSA) is 43.4 Å². The molecule has 2 aromatic rings. The van der Waals surface area contributed by atoms with E-state index in [0.717, 1.165) is 16.9 Å². The van der Waals surface area contributed by atoms with Crippen LogP contribution < -0.4 is 4.74 Å². The highest BCUT2D eigenvalue weighted by Gasteiger charge is 2.16. The number of methoxy groups -OCH3 is 1. The smallest absolute Gasteiger partial charge is 0.182 e. The van der Waals surface area contributed by atoms with Gasteiger partial charge in [0.25, 0.3) is 0 Å². The molecule has 0 N–H and O–H groups in total. The fourth-order valence-electron chi connectivity index (χ4n) is 1.87. The quantitative estimate of drug-likeness (QED) is 0.862. The number of hydrogen-bond donors (Lipinski definition) is 0. The predicted molar refractivity (Wildman–Crippen MR) is 75.1 cm³/mol. The Morgan fingerprint density at radius 1 is 1.05 bits per heavy atom. The van der Waals surface area contributed by atoms with E-state index < -0.39 is 9.84 Å². The lowest BCUT2D eigenvalue weighted by Gasteiger charge is -2.09. The van der Waals surface area contributed by atoms with E-state index in [1.165, 1.54) is 0 Å². The first-order chi connectivity index (χ1) is 9.03. The lowest BCUT2D eigenvalue weighted by atomic mass is 10.1. The summed E-state index contributed by atoms with van der Waals surface area (Å²) >= 11 is 0. The average Bonchev–Trinajstić information content (AvgIpc) is 2.42. The summed E-state index contributed by atoms with van der Waals surface area (Å²) in [5, 5.41) is 0. The third kappa shape index (κ3) is 3.15. The van der Waals surface area contributed by atoms with Gasteiger partial charge < -0.3 is 4.74 Å². The minimum absolute atomic E-state index is 0.00679. The lowest BCUT2D eigenvalue weighted by molar-refractivity contribution is 0.414. The van der Waals surface area contributed by atoms with Crippen molar-refractivity contribution in [3.63, 3.8) is 0 Å². The zero-order chi connectivity index (χ0) is 13.9. The van der Waals surface area contributed by atoms with E-state index in [9.17, 15) is 8.42 Å². The predicted octanol–water partition coefficient (Wildman–Crippen LogP) is 2.98. The Bertz CT molecular complexity index is 661. The van der Waals surface area contributed by atoms with Crippen LogP contribution in [-0.2, 0) is 15.6 Å². The van der Waals surface area contributed by atoms with Gasteiger partial charge in [-0.2, -0.15) is 0 Å². The minimum atomic E-state index is -3.30. The van der Waals surface area contributed by atoms with Crippen molar-refractivity contribution in [3.05, 3.63) is 59.7 Å².